The molecule has 1 aromatic heterocycles. The zero-order valence-electron chi connectivity index (χ0n) is 12.5. The van der Waals surface area contributed by atoms with Crippen LogP contribution in [0.5, 0.6) is 0 Å². The summed E-state index contributed by atoms with van der Waals surface area (Å²) in [5, 5.41) is 12.8. The van der Waals surface area contributed by atoms with Crippen molar-refractivity contribution in [2.24, 2.45) is 0 Å². The van der Waals surface area contributed by atoms with Gasteiger partial charge in [-0.05, 0) is 50.8 Å². The lowest BCUT2D eigenvalue weighted by Crippen LogP contribution is -2.35. The number of rotatable bonds is 2. The molecule has 0 spiro atoms. The standard InChI is InChI=1S/C17H20N4/c1-12-6-7-14(9-18)8-16(12)21-11-19-10-17(21)15-5-3-4-13(2)20-15/h6-8,10-11,13,15,20H,3-5H2,1-2H3. The number of nitrogens with one attached hydrogen (secondary N) is 1. The van der Waals surface area contributed by atoms with Crippen LogP contribution in [0.15, 0.2) is 30.7 Å². The Balaban J connectivity index is 2.01. The summed E-state index contributed by atoms with van der Waals surface area (Å²) >= 11 is 0. The molecule has 108 valence electrons. The molecule has 1 N–H and O–H groups in total. The molecule has 2 unspecified atom stereocenters. The number of benzene rings is 1. The van der Waals surface area contributed by atoms with Crippen molar-refractivity contribution in [3.8, 4) is 11.8 Å². The number of nitrogens with zero attached hydrogens (tertiary/aromatic N) is 3. The van der Waals surface area contributed by atoms with Gasteiger partial charge in [-0.1, -0.05) is 6.07 Å². The van der Waals surface area contributed by atoms with Crippen LogP contribution in [0.3, 0.4) is 0 Å². The minimum Gasteiger partial charge on any atom is -0.306 e. The molecule has 2 heterocycles. The van der Waals surface area contributed by atoms with Gasteiger partial charge in [-0.15, -0.1) is 0 Å². The number of piperidine rings is 1. The molecule has 0 amide bonds. The molecule has 1 fully saturated rings. The van der Waals surface area contributed by atoms with E-state index in [-0.39, 0.29) is 0 Å². The van der Waals surface area contributed by atoms with Crippen LogP contribution in [0.25, 0.3) is 5.69 Å². The predicted molar refractivity (Wildman–Crippen MR) is 82.2 cm³/mol. The second-order valence-electron chi connectivity index (χ2n) is 5.85. The summed E-state index contributed by atoms with van der Waals surface area (Å²) in [6.45, 7) is 4.30. The third kappa shape index (κ3) is 2.70. The van der Waals surface area contributed by atoms with Gasteiger partial charge >= 0.3 is 0 Å². The van der Waals surface area contributed by atoms with Gasteiger partial charge in [0.05, 0.1) is 35.5 Å². The molecule has 4 nitrogen and oxygen atoms in total. The fourth-order valence-corrected chi connectivity index (χ4v) is 3.07. The van der Waals surface area contributed by atoms with Crippen LogP contribution in [-0.4, -0.2) is 15.6 Å². The third-order valence-corrected chi connectivity index (χ3v) is 4.24. The first kappa shape index (κ1) is 13.8. The van der Waals surface area contributed by atoms with Crippen LogP contribution in [0.1, 0.15) is 49.0 Å². The van der Waals surface area contributed by atoms with E-state index in [0.717, 1.165) is 17.7 Å². The molecule has 3 rings (SSSR count). The van der Waals surface area contributed by atoms with Gasteiger partial charge in [0.1, 0.15) is 0 Å². The highest BCUT2D eigenvalue weighted by atomic mass is 15.1. The largest absolute Gasteiger partial charge is 0.306 e. The molecule has 2 atom stereocenters. The zero-order chi connectivity index (χ0) is 14.8. The van der Waals surface area contributed by atoms with Gasteiger partial charge in [-0.3, -0.25) is 0 Å². The first-order valence-electron chi connectivity index (χ1n) is 7.48. The van der Waals surface area contributed by atoms with Crippen LogP contribution in [-0.2, 0) is 0 Å². The van der Waals surface area contributed by atoms with Gasteiger partial charge in [0.2, 0.25) is 0 Å². The summed E-state index contributed by atoms with van der Waals surface area (Å²) in [6.07, 6.45) is 7.38. The van der Waals surface area contributed by atoms with E-state index in [4.69, 9.17) is 5.26 Å². The Morgan fingerprint density at radius 2 is 2.24 bits per heavy atom. The number of hydrogen-bond acceptors (Lipinski definition) is 3. The predicted octanol–water partition coefficient (Wildman–Crippen LogP) is 3.26. The Morgan fingerprint density at radius 3 is 3.00 bits per heavy atom. The van der Waals surface area contributed by atoms with Gasteiger partial charge in [0.15, 0.2) is 0 Å². The smallest absolute Gasteiger partial charge is 0.0994 e. The lowest BCUT2D eigenvalue weighted by atomic mass is 9.97. The summed E-state index contributed by atoms with van der Waals surface area (Å²) in [5.74, 6) is 0. The maximum atomic E-state index is 9.12. The van der Waals surface area contributed by atoms with E-state index >= 15 is 0 Å². The molecule has 0 saturated carbocycles. The molecular formula is C17H20N4. The van der Waals surface area contributed by atoms with Crippen LogP contribution < -0.4 is 5.32 Å². The normalized spacial score (nSPS) is 22.0. The van der Waals surface area contributed by atoms with E-state index in [1.54, 1.807) is 0 Å². The lowest BCUT2D eigenvalue weighted by molar-refractivity contribution is 0.334. The van der Waals surface area contributed by atoms with Gasteiger partial charge in [0, 0.05) is 12.1 Å². The fraction of sp³-hybridized carbons (Fsp3) is 0.412. The average molecular weight is 280 g/mol. The summed E-state index contributed by atoms with van der Waals surface area (Å²) in [7, 11) is 0. The van der Waals surface area contributed by atoms with Crippen molar-refractivity contribution >= 4 is 0 Å². The molecule has 1 saturated heterocycles. The summed E-state index contributed by atoms with van der Waals surface area (Å²) in [6, 6.07) is 8.88. The van der Waals surface area contributed by atoms with E-state index in [9.17, 15) is 0 Å². The minimum absolute atomic E-state index is 0.335. The topological polar surface area (TPSA) is 53.6 Å². The van der Waals surface area contributed by atoms with Crippen molar-refractivity contribution < 1.29 is 0 Å². The highest BCUT2D eigenvalue weighted by Crippen LogP contribution is 2.28. The zero-order valence-corrected chi connectivity index (χ0v) is 12.5. The van der Waals surface area contributed by atoms with Gasteiger partial charge < -0.3 is 9.88 Å². The summed E-state index contributed by atoms with van der Waals surface area (Å²) < 4.78 is 2.12. The van der Waals surface area contributed by atoms with Crippen LogP contribution in [0.4, 0.5) is 0 Å². The van der Waals surface area contributed by atoms with Crippen molar-refractivity contribution in [3.63, 3.8) is 0 Å². The number of nitriles is 1. The number of aromatic nitrogens is 2. The summed E-state index contributed by atoms with van der Waals surface area (Å²) in [5.41, 5.74) is 4.05. The van der Waals surface area contributed by atoms with Crippen molar-refractivity contribution in [3.05, 3.63) is 47.5 Å². The van der Waals surface area contributed by atoms with E-state index in [1.165, 1.54) is 18.5 Å². The maximum Gasteiger partial charge on any atom is 0.0994 e. The van der Waals surface area contributed by atoms with Crippen molar-refractivity contribution in [2.75, 3.05) is 0 Å². The molecule has 1 aromatic carbocycles. The quantitative estimate of drug-likeness (QED) is 0.918. The molecule has 2 aromatic rings. The van der Waals surface area contributed by atoms with E-state index < -0.39 is 0 Å². The highest BCUT2D eigenvalue weighted by Gasteiger charge is 2.23. The van der Waals surface area contributed by atoms with Crippen LogP contribution >= 0.6 is 0 Å². The Hall–Kier alpha value is -2.12. The van der Waals surface area contributed by atoms with Crippen molar-refractivity contribution in [1.82, 2.24) is 14.9 Å². The van der Waals surface area contributed by atoms with E-state index in [1.807, 2.05) is 30.7 Å². The number of hydrogen-bond donors (Lipinski definition) is 1. The second-order valence-corrected chi connectivity index (χ2v) is 5.85. The monoisotopic (exact) mass is 280 g/mol. The van der Waals surface area contributed by atoms with Crippen LogP contribution in [0, 0.1) is 18.3 Å². The fourth-order valence-electron chi connectivity index (χ4n) is 3.07. The second kappa shape index (κ2) is 5.71. The Morgan fingerprint density at radius 1 is 1.38 bits per heavy atom. The molecule has 1 aliphatic rings. The first-order valence-corrected chi connectivity index (χ1v) is 7.48. The molecule has 1 aliphatic heterocycles. The van der Waals surface area contributed by atoms with Crippen LogP contribution in [0.2, 0.25) is 0 Å². The Kier molecular flexibility index (Phi) is 3.76. The van der Waals surface area contributed by atoms with Crippen molar-refractivity contribution in [1.29, 1.82) is 5.26 Å². The first-order chi connectivity index (χ1) is 10.2. The number of aryl methyl sites for hydroxylation is 1. The van der Waals surface area contributed by atoms with Crippen molar-refractivity contribution in [2.45, 2.75) is 45.2 Å². The molecule has 0 bridgehead atoms. The minimum atomic E-state index is 0.335. The van der Waals surface area contributed by atoms with Gasteiger partial charge in [0.25, 0.3) is 0 Å². The SMILES string of the molecule is Cc1ccc(C#N)cc1-n1cncc1C1CCCC(C)N1. The lowest BCUT2D eigenvalue weighted by Gasteiger charge is -2.29. The molecule has 4 heteroatoms. The van der Waals surface area contributed by atoms with E-state index in [2.05, 4.69) is 34.8 Å². The third-order valence-electron chi connectivity index (χ3n) is 4.24. The molecule has 21 heavy (non-hydrogen) atoms. The maximum absolute atomic E-state index is 9.12. The molecular weight excluding hydrogens is 260 g/mol. The van der Waals surface area contributed by atoms with E-state index in [0.29, 0.717) is 17.6 Å². The Labute approximate surface area is 125 Å². The van der Waals surface area contributed by atoms with Gasteiger partial charge in [-0.2, -0.15) is 5.26 Å². The number of imidazole rings is 1. The summed E-state index contributed by atoms with van der Waals surface area (Å²) in [4.78, 5) is 4.34. The van der Waals surface area contributed by atoms with Gasteiger partial charge in [-0.25, -0.2) is 4.98 Å². The average Bonchev–Trinajstić information content (AvgIpc) is 2.97. The Bertz CT molecular complexity index is 680. The molecule has 0 radical (unpaired) electrons. The highest BCUT2D eigenvalue weighted by molar-refractivity contribution is 5.48. The molecule has 0 aliphatic carbocycles.